The molecular weight excluding hydrogens is 521 g/mol. The molecule has 0 radical (unpaired) electrons. The van der Waals surface area contributed by atoms with Crippen LogP contribution >= 0.6 is 0 Å². The molecule has 3 aromatic rings. The molecule has 0 unspecified atom stereocenters. The Morgan fingerprint density at radius 2 is 1.73 bits per heavy atom. The van der Waals surface area contributed by atoms with Crippen LogP contribution < -0.4 is 26.2 Å². The predicted molar refractivity (Wildman–Crippen MR) is 150 cm³/mol. The minimum absolute atomic E-state index is 0.0378. The van der Waals surface area contributed by atoms with Gasteiger partial charge in [0.1, 0.15) is 0 Å². The Morgan fingerprint density at radius 3 is 2.38 bits per heavy atom. The number of piperazine rings is 1. The average molecular weight is 555 g/mol. The zero-order chi connectivity index (χ0) is 28.8. The first-order valence-electron chi connectivity index (χ1n) is 13.0. The second-order valence-electron chi connectivity index (χ2n) is 10.3. The SMILES string of the molecule is Cc1ccc(NC(=O)c2cc(N3CCN(C)CC3)c(C)c(C(F)(F)F)c2)cc1N1C=C(c2cnn(C)c2C)NN1. The van der Waals surface area contributed by atoms with Crippen LogP contribution in [0, 0.1) is 20.8 Å². The van der Waals surface area contributed by atoms with Crippen LogP contribution in [0.5, 0.6) is 0 Å². The van der Waals surface area contributed by atoms with E-state index in [1.807, 2.05) is 45.1 Å². The lowest BCUT2D eigenvalue weighted by Crippen LogP contribution is -2.45. The summed E-state index contributed by atoms with van der Waals surface area (Å²) in [6.45, 7) is 8.02. The third kappa shape index (κ3) is 5.36. The molecule has 3 heterocycles. The first-order valence-corrected chi connectivity index (χ1v) is 13.0. The number of hydrazine groups is 2. The van der Waals surface area contributed by atoms with Crippen molar-refractivity contribution in [2.45, 2.75) is 26.9 Å². The zero-order valence-corrected chi connectivity index (χ0v) is 23.1. The number of alkyl halides is 3. The van der Waals surface area contributed by atoms with E-state index in [9.17, 15) is 18.0 Å². The molecule has 2 aromatic carbocycles. The lowest BCUT2D eigenvalue weighted by Gasteiger charge is -2.35. The smallest absolute Gasteiger partial charge is 0.369 e. The van der Waals surface area contributed by atoms with Gasteiger partial charge in [0, 0.05) is 67.6 Å². The van der Waals surface area contributed by atoms with Crippen molar-refractivity contribution in [1.29, 1.82) is 0 Å². The van der Waals surface area contributed by atoms with E-state index >= 15 is 0 Å². The molecule has 1 amide bonds. The van der Waals surface area contributed by atoms with Gasteiger partial charge in [-0.2, -0.15) is 18.3 Å². The van der Waals surface area contributed by atoms with Gasteiger partial charge in [0.25, 0.3) is 5.91 Å². The van der Waals surface area contributed by atoms with Crippen molar-refractivity contribution in [3.63, 3.8) is 0 Å². The van der Waals surface area contributed by atoms with E-state index in [-0.39, 0.29) is 11.1 Å². The van der Waals surface area contributed by atoms with Gasteiger partial charge in [-0.15, -0.1) is 5.53 Å². The van der Waals surface area contributed by atoms with Crippen LogP contribution in [0.4, 0.5) is 30.2 Å². The highest BCUT2D eigenvalue weighted by Crippen LogP contribution is 2.38. The maximum atomic E-state index is 14.0. The van der Waals surface area contributed by atoms with Gasteiger partial charge in [-0.3, -0.25) is 14.5 Å². The molecule has 9 nitrogen and oxygen atoms in total. The number of hydrogen-bond donors (Lipinski definition) is 3. The average Bonchev–Trinajstić information content (AvgIpc) is 3.51. The predicted octanol–water partition coefficient (Wildman–Crippen LogP) is 4.20. The highest BCUT2D eigenvalue weighted by molar-refractivity contribution is 6.05. The lowest BCUT2D eigenvalue weighted by molar-refractivity contribution is -0.138. The Morgan fingerprint density at radius 1 is 1.00 bits per heavy atom. The summed E-state index contributed by atoms with van der Waals surface area (Å²) in [7, 11) is 3.85. The fourth-order valence-corrected chi connectivity index (χ4v) is 4.99. The molecule has 212 valence electrons. The summed E-state index contributed by atoms with van der Waals surface area (Å²) >= 11 is 0. The van der Waals surface area contributed by atoms with E-state index in [0.29, 0.717) is 24.5 Å². The van der Waals surface area contributed by atoms with Crippen LogP contribution in [0.25, 0.3) is 5.70 Å². The Kier molecular flexibility index (Phi) is 7.23. The molecule has 0 atom stereocenters. The summed E-state index contributed by atoms with van der Waals surface area (Å²) in [6, 6.07) is 7.86. The Bertz CT molecular complexity index is 1470. The number of hydrogen-bond acceptors (Lipinski definition) is 7. The minimum Gasteiger partial charge on any atom is -0.369 e. The van der Waals surface area contributed by atoms with E-state index in [2.05, 4.69) is 26.3 Å². The fourth-order valence-electron chi connectivity index (χ4n) is 4.99. The van der Waals surface area contributed by atoms with Crippen LogP contribution in [0.15, 0.2) is 42.7 Å². The van der Waals surface area contributed by atoms with E-state index in [4.69, 9.17) is 0 Å². The summed E-state index contributed by atoms with van der Waals surface area (Å²) in [5.74, 6) is -0.606. The number of carbonyl (C=O) groups is 1. The van der Waals surface area contributed by atoms with Gasteiger partial charge in [-0.1, -0.05) is 6.07 Å². The monoisotopic (exact) mass is 554 g/mol. The number of anilines is 3. The minimum atomic E-state index is -4.58. The third-order valence-corrected chi connectivity index (χ3v) is 7.61. The maximum Gasteiger partial charge on any atom is 0.416 e. The molecule has 0 spiro atoms. The number of halogens is 3. The molecule has 1 fully saturated rings. The van der Waals surface area contributed by atoms with Crippen molar-refractivity contribution in [2.75, 3.05) is 48.5 Å². The van der Waals surface area contributed by atoms with E-state index < -0.39 is 17.6 Å². The van der Waals surface area contributed by atoms with Gasteiger partial charge in [0.15, 0.2) is 0 Å². The Hall–Kier alpha value is -4.03. The standard InChI is InChI=1S/C28H33F3N8O/c1-17-6-7-21(14-25(17)39-16-24(34-35-39)22-15-32-37(5)19(22)3)33-27(40)20-12-23(28(29,30)31)18(2)26(13-20)38-10-8-36(4)9-11-38/h6-7,12-16,34-35H,8-11H2,1-5H3,(H,33,40). The highest BCUT2D eigenvalue weighted by atomic mass is 19.4. The summed E-state index contributed by atoms with van der Waals surface area (Å²) in [5, 5.41) is 8.87. The van der Waals surface area contributed by atoms with Crippen molar-refractivity contribution in [1.82, 2.24) is 25.6 Å². The van der Waals surface area contributed by atoms with Gasteiger partial charge < -0.3 is 20.5 Å². The van der Waals surface area contributed by atoms with Crippen LogP contribution in [0.2, 0.25) is 0 Å². The zero-order valence-electron chi connectivity index (χ0n) is 23.1. The van der Waals surface area contributed by atoms with Crippen molar-refractivity contribution in [2.24, 2.45) is 7.05 Å². The molecule has 3 N–H and O–H groups in total. The van der Waals surface area contributed by atoms with Crippen molar-refractivity contribution in [3.8, 4) is 0 Å². The second kappa shape index (κ2) is 10.5. The second-order valence-corrected chi connectivity index (χ2v) is 10.3. The molecule has 2 aliphatic heterocycles. The number of carbonyl (C=O) groups excluding carboxylic acids is 1. The first kappa shape index (κ1) is 27.5. The Balaban J connectivity index is 1.42. The van der Waals surface area contributed by atoms with Gasteiger partial charge in [-0.05, 0) is 63.2 Å². The first-order chi connectivity index (χ1) is 18.9. The quantitative estimate of drug-likeness (QED) is 0.436. The summed E-state index contributed by atoms with van der Waals surface area (Å²) in [4.78, 5) is 17.4. The number of nitrogens with one attached hydrogen (secondary N) is 3. The summed E-state index contributed by atoms with van der Waals surface area (Å²) in [5.41, 5.74) is 10.9. The molecule has 0 bridgehead atoms. The van der Waals surface area contributed by atoms with Crippen molar-refractivity contribution >= 4 is 28.7 Å². The molecule has 0 saturated carbocycles. The van der Waals surface area contributed by atoms with Gasteiger partial charge in [-0.25, -0.2) is 0 Å². The molecule has 12 heteroatoms. The topological polar surface area (TPSA) is 80.7 Å². The van der Waals surface area contributed by atoms with Crippen molar-refractivity contribution in [3.05, 3.63) is 76.2 Å². The normalized spacial score (nSPS) is 16.2. The van der Waals surface area contributed by atoms with Gasteiger partial charge >= 0.3 is 6.18 Å². The fraction of sp³-hybridized carbons (Fsp3) is 0.357. The number of nitrogens with zero attached hydrogens (tertiary/aromatic N) is 5. The van der Waals surface area contributed by atoms with Crippen molar-refractivity contribution < 1.29 is 18.0 Å². The molecule has 5 rings (SSSR count). The maximum absolute atomic E-state index is 14.0. The Labute approximate surface area is 231 Å². The van der Waals surface area contributed by atoms with Gasteiger partial charge in [0.05, 0.1) is 23.1 Å². The van der Waals surface area contributed by atoms with Crippen LogP contribution in [0.3, 0.4) is 0 Å². The van der Waals surface area contributed by atoms with Crippen LogP contribution in [0.1, 0.15) is 38.3 Å². The number of aryl methyl sites for hydroxylation is 2. The number of benzene rings is 2. The van der Waals surface area contributed by atoms with Crippen LogP contribution in [-0.4, -0.2) is 53.8 Å². The lowest BCUT2D eigenvalue weighted by atomic mass is 10.00. The molecular formula is C28H33F3N8O. The third-order valence-electron chi connectivity index (χ3n) is 7.61. The molecule has 2 aliphatic rings. The largest absolute Gasteiger partial charge is 0.416 e. The molecule has 1 saturated heterocycles. The van der Waals surface area contributed by atoms with Crippen LogP contribution in [-0.2, 0) is 13.2 Å². The highest BCUT2D eigenvalue weighted by Gasteiger charge is 2.35. The summed E-state index contributed by atoms with van der Waals surface area (Å²) in [6.07, 6.45) is -0.921. The number of amides is 1. The number of likely N-dealkylation sites (N-methyl/N-ethyl adjacent to an activating group) is 1. The van der Waals surface area contributed by atoms with Gasteiger partial charge in [0.2, 0.25) is 0 Å². The molecule has 40 heavy (non-hydrogen) atoms. The summed E-state index contributed by atoms with van der Waals surface area (Å²) < 4.78 is 43.8. The number of aromatic nitrogens is 2. The van der Waals surface area contributed by atoms with E-state index in [1.165, 1.54) is 6.92 Å². The molecule has 1 aromatic heterocycles. The van der Waals surface area contributed by atoms with E-state index in [0.717, 1.165) is 47.4 Å². The van der Waals surface area contributed by atoms with E-state index in [1.54, 1.807) is 34.1 Å². The number of rotatable bonds is 5. The molecule has 0 aliphatic carbocycles.